The van der Waals surface area contributed by atoms with Crippen molar-refractivity contribution in [3.8, 4) is 0 Å². The number of hydrogen-bond donors (Lipinski definition) is 1. The summed E-state index contributed by atoms with van der Waals surface area (Å²) in [6, 6.07) is 5.96. The standard InChI is InChI=1S/C10H7BrO2/c11-7-1-2-8-6(5-7)3-4-10(12)9(8)13-10/h1-5,9,12H. The van der Waals surface area contributed by atoms with E-state index < -0.39 is 5.79 Å². The van der Waals surface area contributed by atoms with Gasteiger partial charge in [-0.25, -0.2) is 0 Å². The van der Waals surface area contributed by atoms with Gasteiger partial charge in [0, 0.05) is 4.47 Å². The van der Waals surface area contributed by atoms with E-state index >= 15 is 0 Å². The number of fused-ring (bicyclic) bond motifs is 3. The van der Waals surface area contributed by atoms with Gasteiger partial charge in [0.2, 0.25) is 5.79 Å². The molecule has 0 amide bonds. The lowest BCUT2D eigenvalue weighted by Crippen LogP contribution is -2.09. The maximum Gasteiger partial charge on any atom is 0.218 e. The number of halogens is 1. The molecule has 1 aromatic rings. The number of rotatable bonds is 0. The zero-order chi connectivity index (χ0) is 9.05. The van der Waals surface area contributed by atoms with Crippen LogP contribution in [-0.4, -0.2) is 10.9 Å². The zero-order valence-corrected chi connectivity index (χ0v) is 8.28. The summed E-state index contributed by atoms with van der Waals surface area (Å²) >= 11 is 3.40. The Morgan fingerprint density at radius 1 is 1.46 bits per heavy atom. The molecule has 3 rings (SSSR count). The molecule has 2 atom stereocenters. The van der Waals surface area contributed by atoms with E-state index in [9.17, 15) is 5.11 Å². The van der Waals surface area contributed by atoms with Gasteiger partial charge in [-0.2, -0.15) is 0 Å². The third-order valence-electron chi connectivity index (χ3n) is 2.46. The molecule has 13 heavy (non-hydrogen) atoms. The Kier molecular flexibility index (Phi) is 1.33. The lowest BCUT2D eigenvalue weighted by atomic mass is 9.96. The van der Waals surface area contributed by atoms with Crippen LogP contribution in [0.15, 0.2) is 28.7 Å². The highest BCUT2D eigenvalue weighted by Gasteiger charge is 2.56. The maximum absolute atomic E-state index is 9.64. The molecule has 0 aromatic heterocycles. The van der Waals surface area contributed by atoms with E-state index in [2.05, 4.69) is 15.9 Å². The molecule has 3 heteroatoms. The fourth-order valence-electron chi connectivity index (χ4n) is 1.71. The normalized spacial score (nSPS) is 33.8. The molecule has 1 aliphatic heterocycles. The van der Waals surface area contributed by atoms with Crippen molar-refractivity contribution in [3.05, 3.63) is 39.9 Å². The van der Waals surface area contributed by atoms with Gasteiger partial charge in [-0.15, -0.1) is 0 Å². The van der Waals surface area contributed by atoms with Crippen LogP contribution < -0.4 is 0 Å². The molecule has 2 nitrogen and oxygen atoms in total. The molecule has 0 radical (unpaired) electrons. The van der Waals surface area contributed by atoms with E-state index in [1.54, 1.807) is 6.08 Å². The Balaban J connectivity index is 2.18. The largest absolute Gasteiger partial charge is 0.360 e. The van der Waals surface area contributed by atoms with Crippen LogP contribution in [0.4, 0.5) is 0 Å². The molecule has 1 heterocycles. The second kappa shape index (κ2) is 2.23. The Hall–Kier alpha value is -0.640. The second-order valence-corrected chi connectivity index (χ2v) is 4.27. The lowest BCUT2D eigenvalue weighted by Gasteiger charge is -2.09. The third-order valence-corrected chi connectivity index (χ3v) is 2.95. The van der Waals surface area contributed by atoms with Crippen LogP contribution in [0.3, 0.4) is 0 Å². The van der Waals surface area contributed by atoms with Gasteiger partial charge in [-0.3, -0.25) is 0 Å². The van der Waals surface area contributed by atoms with Gasteiger partial charge < -0.3 is 9.84 Å². The summed E-state index contributed by atoms with van der Waals surface area (Å²) in [5.41, 5.74) is 2.18. The van der Waals surface area contributed by atoms with Gasteiger partial charge >= 0.3 is 0 Å². The first-order chi connectivity index (χ1) is 6.19. The van der Waals surface area contributed by atoms with Crippen LogP contribution in [0.1, 0.15) is 17.2 Å². The number of epoxide rings is 1. The Morgan fingerprint density at radius 2 is 2.31 bits per heavy atom. The number of hydrogen-bond acceptors (Lipinski definition) is 2. The van der Waals surface area contributed by atoms with Gasteiger partial charge in [0.15, 0.2) is 0 Å². The molecule has 0 spiro atoms. The third kappa shape index (κ3) is 1.01. The van der Waals surface area contributed by atoms with Crippen molar-refractivity contribution in [2.75, 3.05) is 0 Å². The van der Waals surface area contributed by atoms with Crippen molar-refractivity contribution in [2.45, 2.75) is 11.9 Å². The first-order valence-electron chi connectivity index (χ1n) is 4.08. The zero-order valence-electron chi connectivity index (χ0n) is 6.70. The summed E-state index contributed by atoms with van der Waals surface area (Å²) in [5, 5.41) is 9.64. The predicted molar refractivity (Wildman–Crippen MR) is 52.0 cm³/mol. The van der Waals surface area contributed by atoms with Crippen LogP contribution in [-0.2, 0) is 4.74 Å². The average Bonchev–Trinajstić information content (AvgIpc) is 2.77. The van der Waals surface area contributed by atoms with Crippen LogP contribution in [0.25, 0.3) is 6.08 Å². The van der Waals surface area contributed by atoms with Gasteiger partial charge in [0.1, 0.15) is 6.10 Å². The topological polar surface area (TPSA) is 32.8 Å². The molecule has 0 saturated carbocycles. The molecule has 1 saturated heterocycles. The van der Waals surface area contributed by atoms with Crippen LogP contribution in [0.5, 0.6) is 0 Å². The van der Waals surface area contributed by atoms with Crippen molar-refractivity contribution < 1.29 is 9.84 Å². The van der Waals surface area contributed by atoms with E-state index in [1.165, 1.54) is 0 Å². The Bertz CT molecular complexity index is 413. The summed E-state index contributed by atoms with van der Waals surface area (Å²) in [7, 11) is 0. The highest BCUT2D eigenvalue weighted by Crippen LogP contribution is 2.52. The fourth-order valence-corrected chi connectivity index (χ4v) is 2.08. The molecule has 2 unspecified atom stereocenters. The lowest BCUT2D eigenvalue weighted by molar-refractivity contribution is 0.0833. The summed E-state index contributed by atoms with van der Waals surface area (Å²) in [6.07, 6.45) is 3.44. The molecule has 0 bridgehead atoms. The van der Waals surface area contributed by atoms with E-state index in [4.69, 9.17) is 4.74 Å². The molecule has 1 fully saturated rings. The van der Waals surface area contributed by atoms with Crippen molar-refractivity contribution in [3.63, 3.8) is 0 Å². The van der Waals surface area contributed by atoms with E-state index in [0.717, 1.165) is 15.6 Å². The van der Waals surface area contributed by atoms with Crippen molar-refractivity contribution in [2.24, 2.45) is 0 Å². The van der Waals surface area contributed by atoms with Crippen LogP contribution in [0, 0.1) is 0 Å². The molecule has 2 aliphatic rings. The minimum atomic E-state index is -1.01. The van der Waals surface area contributed by atoms with Gasteiger partial charge in [0.25, 0.3) is 0 Å². The van der Waals surface area contributed by atoms with E-state index in [0.29, 0.717) is 0 Å². The second-order valence-electron chi connectivity index (χ2n) is 3.36. The fraction of sp³-hybridized carbons (Fsp3) is 0.200. The number of aliphatic hydroxyl groups is 1. The number of benzene rings is 1. The minimum absolute atomic E-state index is 0.152. The van der Waals surface area contributed by atoms with E-state index in [-0.39, 0.29) is 6.10 Å². The average molecular weight is 239 g/mol. The maximum atomic E-state index is 9.64. The summed E-state index contributed by atoms with van der Waals surface area (Å²) < 4.78 is 6.23. The molecule has 1 N–H and O–H groups in total. The SMILES string of the molecule is OC12C=Cc3cc(Br)ccc3C1O2. The van der Waals surface area contributed by atoms with Gasteiger partial charge in [0.05, 0.1) is 0 Å². The summed E-state index contributed by atoms with van der Waals surface area (Å²) in [5.74, 6) is -1.01. The van der Waals surface area contributed by atoms with Crippen LogP contribution >= 0.6 is 15.9 Å². The van der Waals surface area contributed by atoms with Gasteiger partial charge in [-0.1, -0.05) is 28.1 Å². The minimum Gasteiger partial charge on any atom is -0.360 e. The number of ether oxygens (including phenoxy) is 1. The van der Waals surface area contributed by atoms with Crippen molar-refractivity contribution in [1.82, 2.24) is 0 Å². The Morgan fingerprint density at radius 3 is 3.15 bits per heavy atom. The van der Waals surface area contributed by atoms with E-state index in [1.807, 2.05) is 24.3 Å². The summed E-state index contributed by atoms with van der Waals surface area (Å²) in [4.78, 5) is 0. The quantitative estimate of drug-likeness (QED) is 0.704. The van der Waals surface area contributed by atoms with Crippen molar-refractivity contribution >= 4 is 22.0 Å². The Labute approximate surface area is 84.0 Å². The molecule has 66 valence electrons. The highest BCUT2D eigenvalue weighted by molar-refractivity contribution is 9.10. The summed E-state index contributed by atoms with van der Waals surface area (Å²) in [6.45, 7) is 0. The molecular formula is C10H7BrO2. The first-order valence-corrected chi connectivity index (χ1v) is 4.87. The van der Waals surface area contributed by atoms with Crippen LogP contribution in [0.2, 0.25) is 0 Å². The molecular weight excluding hydrogens is 232 g/mol. The highest BCUT2D eigenvalue weighted by atomic mass is 79.9. The van der Waals surface area contributed by atoms with Crippen molar-refractivity contribution in [1.29, 1.82) is 0 Å². The smallest absolute Gasteiger partial charge is 0.218 e. The molecule has 1 aromatic carbocycles. The molecule has 1 aliphatic carbocycles. The van der Waals surface area contributed by atoms with Gasteiger partial charge in [-0.05, 0) is 29.3 Å². The predicted octanol–water partition coefficient (Wildman–Crippen LogP) is 2.24. The first kappa shape index (κ1) is 7.74. The monoisotopic (exact) mass is 238 g/mol.